The summed E-state index contributed by atoms with van der Waals surface area (Å²) in [6, 6.07) is 0.615. The molecule has 1 rings (SSSR count). The molecule has 3 heteroatoms. The lowest BCUT2D eigenvalue weighted by Crippen LogP contribution is -2.45. The van der Waals surface area contributed by atoms with Crippen LogP contribution in [0.25, 0.3) is 0 Å². The van der Waals surface area contributed by atoms with Crippen LogP contribution in [0.1, 0.15) is 53.4 Å². The van der Waals surface area contributed by atoms with E-state index < -0.39 is 0 Å². The van der Waals surface area contributed by atoms with Crippen molar-refractivity contribution in [2.24, 2.45) is 5.41 Å². The number of nitrogens with one attached hydrogen (secondary N) is 2. The molecule has 0 aliphatic carbocycles. The Hall–Kier alpha value is -0.570. The molecule has 94 valence electrons. The fourth-order valence-corrected chi connectivity index (χ4v) is 1.84. The zero-order chi connectivity index (χ0) is 12.2. The molecule has 2 N–H and O–H groups in total. The maximum atomic E-state index is 11.8. The molecular formula is C13H26N2O. The van der Waals surface area contributed by atoms with Gasteiger partial charge in [0.2, 0.25) is 5.91 Å². The molecule has 0 aromatic carbocycles. The van der Waals surface area contributed by atoms with Gasteiger partial charge in [-0.15, -0.1) is 0 Å². The highest BCUT2D eigenvalue weighted by Crippen LogP contribution is 2.19. The number of rotatable bonds is 3. The molecular weight excluding hydrogens is 200 g/mol. The van der Waals surface area contributed by atoms with Crippen molar-refractivity contribution in [1.29, 1.82) is 0 Å². The van der Waals surface area contributed by atoms with Crippen LogP contribution in [0.15, 0.2) is 0 Å². The van der Waals surface area contributed by atoms with Gasteiger partial charge < -0.3 is 10.6 Å². The molecule has 1 saturated heterocycles. The van der Waals surface area contributed by atoms with Crippen molar-refractivity contribution in [2.75, 3.05) is 6.54 Å². The summed E-state index contributed by atoms with van der Waals surface area (Å²) < 4.78 is 0. The van der Waals surface area contributed by atoms with E-state index in [4.69, 9.17) is 0 Å². The average Bonchev–Trinajstić information content (AvgIpc) is 2.17. The van der Waals surface area contributed by atoms with E-state index in [0.29, 0.717) is 12.5 Å². The van der Waals surface area contributed by atoms with Crippen molar-refractivity contribution >= 4 is 5.91 Å². The van der Waals surface area contributed by atoms with Crippen molar-refractivity contribution < 1.29 is 4.79 Å². The first-order valence-corrected chi connectivity index (χ1v) is 6.42. The standard InChI is InChI=1S/C13H26N2O/c1-10(13(2,3)4)15-12(16)9-11-7-5-6-8-14-11/h10-11,14H,5-9H2,1-4H3,(H,15,16). The summed E-state index contributed by atoms with van der Waals surface area (Å²) in [5.74, 6) is 0.182. The molecule has 1 heterocycles. The van der Waals surface area contributed by atoms with Gasteiger partial charge in [0.05, 0.1) is 0 Å². The summed E-state index contributed by atoms with van der Waals surface area (Å²) in [4.78, 5) is 11.8. The van der Waals surface area contributed by atoms with Gasteiger partial charge in [-0.25, -0.2) is 0 Å². The highest BCUT2D eigenvalue weighted by Gasteiger charge is 2.23. The Bertz CT molecular complexity index is 227. The largest absolute Gasteiger partial charge is 0.353 e. The zero-order valence-electron chi connectivity index (χ0n) is 11.1. The lowest BCUT2D eigenvalue weighted by Gasteiger charge is -2.29. The molecule has 16 heavy (non-hydrogen) atoms. The average molecular weight is 226 g/mol. The van der Waals surface area contributed by atoms with Gasteiger partial charge in [-0.1, -0.05) is 27.2 Å². The number of amides is 1. The van der Waals surface area contributed by atoms with E-state index in [1.165, 1.54) is 12.8 Å². The predicted molar refractivity (Wildman–Crippen MR) is 67.3 cm³/mol. The van der Waals surface area contributed by atoms with Crippen molar-refractivity contribution in [3.05, 3.63) is 0 Å². The second-order valence-corrected chi connectivity index (χ2v) is 6.01. The second kappa shape index (κ2) is 5.67. The van der Waals surface area contributed by atoms with Crippen molar-refractivity contribution in [1.82, 2.24) is 10.6 Å². The van der Waals surface area contributed by atoms with Crippen LogP contribution < -0.4 is 10.6 Å². The van der Waals surface area contributed by atoms with Crippen LogP contribution >= 0.6 is 0 Å². The monoisotopic (exact) mass is 226 g/mol. The normalized spacial score (nSPS) is 23.9. The van der Waals surface area contributed by atoms with Crippen LogP contribution in [-0.4, -0.2) is 24.5 Å². The second-order valence-electron chi connectivity index (χ2n) is 6.01. The summed E-state index contributed by atoms with van der Waals surface area (Å²) in [5, 5.41) is 6.49. The van der Waals surface area contributed by atoms with Gasteiger partial charge in [-0.2, -0.15) is 0 Å². The minimum Gasteiger partial charge on any atom is -0.353 e. The van der Waals surface area contributed by atoms with Gasteiger partial charge in [0.25, 0.3) is 0 Å². The lowest BCUT2D eigenvalue weighted by atomic mass is 9.88. The fourth-order valence-electron chi connectivity index (χ4n) is 1.84. The topological polar surface area (TPSA) is 41.1 Å². The van der Waals surface area contributed by atoms with Crippen LogP contribution in [-0.2, 0) is 4.79 Å². The third-order valence-corrected chi connectivity index (χ3v) is 3.52. The third-order valence-electron chi connectivity index (χ3n) is 3.52. The summed E-state index contributed by atoms with van der Waals surface area (Å²) in [5.41, 5.74) is 0.135. The first-order valence-electron chi connectivity index (χ1n) is 6.42. The molecule has 2 atom stereocenters. The Kier molecular flexibility index (Phi) is 4.78. The maximum Gasteiger partial charge on any atom is 0.221 e. The zero-order valence-corrected chi connectivity index (χ0v) is 11.1. The minimum absolute atomic E-state index is 0.135. The molecule has 1 aliphatic rings. The van der Waals surface area contributed by atoms with Crippen molar-refractivity contribution in [2.45, 2.75) is 65.5 Å². The molecule has 3 nitrogen and oxygen atoms in total. The fraction of sp³-hybridized carbons (Fsp3) is 0.923. The van der Waals surface area contributed by atoms with Gasteiger partial charge in [-0.3, -0.25) is 4.79 Å². The number of hydrogen-bond donors (Lipinski definition) is 2. The van der Waals surface area contributed by atoms with Crippen molar-refractivity contribution in [3.63, 3.8) is 0 Å². The van der Waals surface area contributed by atoms with Gasteiger partial charge in [0.15, 0.2) is 0 Å². The maximum absolute atomic E-state index is 11.8. The molecule has 1 fully saturated rings. The minimum atomic E-state index is 0.135. The third kappa shape index (κ3) is 4.52. The highest BCUT2D eigenvalue weighted by molar-refractivity contribution is 5.76. The number of carbonyl (C=O) groups is 1. The van der Waals surface area contributed by atoms with Crippen LogP contribution in [0.5, 0.6) is 0 Å². The van der Waals surface area contributed by atoms with E-state index in [2.05, 4.69) is 38.3 Å². The Morgan fingerprint density at radius 3 is 2.62 bits per heavy atom. The molecule has 0 spiro atoms. The van der Waals surface area contributed by atoms with E-state index in [-0.39, 0.29) is 17.4 Å². The number of piperidine rings is 1. The summed E-state index contributed by atoms with van der Waals surface area (Å²) in [6.07, 6.45) is 4.26. The van der Waals surface area contributed by atoms with Gasteiger partial charge in [-0.05, 0) is 31.7 Å². The van der Waals surface area contributed by atoms with E-state index >= 15 is 0 Å². The Labute approximate surface area is 99.4 Å². The SMILES string of the molecule is CC(NC(=O)CC1CCCCN1)C(C)(C)C. The quantitative estimate of drug-likeness (QED) is 0.773. The molecule has 2 unspecified atom stereocenters. The van der Waals surface area contributed by atoms with Crippen LogP contribution in [0.2, 0.25) is 0 Å². The Morgan fingerprint density at radius 1 is 1.44 bits per heavy atom. The summed E-state index contributed by atoms with van der Waals surface area (Å²) in [7, 11) is 0. The molecule has 0 aromatic rings. The predicted octanol–water partition coefficient (Wildman–Crippen LogP) is 2.07. The van der Waals surface area contributed by atoms with Gasteiger partial charge in [0, 0.05) is 18.5 Å². The molecule has 0 bridgehead atoms. The van der Waals surface area contributed by atoms with Crippen LogP contribution in [0.3, 0.4) is 0 Å². The van der Waals surface area contributed by atoms with Crippen LogP contribution in [0, 0.1) is 5.41 Å². The van der Waals surface area contributed by atoms with E-state index in [1.807, 2.05) is 0 Å². The smallest absolute Gasteiger partial charge is 0.221 e. The van der Waals surface area contributed by atoms with Gasteiger partial charge >= 0.3 is 0 Å². The van der Waals surface area contributed by atoms with E-state index in [0.717, 1.165) is 13.0 Å². The number of carbonyl (C=O) groups excluding carboxylic acids is 1. The lowest BCUT2D eigenvalue weighted by molar-refractivity contribution is -0.123. The van der Waals surface area contributed by atoms with E-state index in [1.54, 1.807) is 0 Å². The Balaban J connectivity index is 2.29. The molecule has 0 saturated carbocycles. The van der Waals surface area contributed by atoms with E-state index in [9.17, 15) is 4.79 Å². The molecule has 0 radical (unpaired) electrons. The number of hydrogen-bond acceptors (Lipinski definition) is 2. The molecule has 1 amide bonds. The molecule has 1 aliphatic heterocycles. The van der Waals surface area contributed by atoms with Crippen LogP contribution in [0.4, 0.5) is 0 Å². The van der Waals surface area contributed by atoms with Crippen molar-refractivity contribution in [3.8, 4) is 0 Å². The Morgan fingerprint density at radius 2 is 2.12 bits per heavy atom. The summed E-state index contributed by atoms with van der Waals surface area (Å²) in [6.45, 7) is 9.59. The van der Waals surface area contributed by atoms with Gasteiger partial charge in [0.1, 0.15) is 0 Å². The first-order chi connectivity index (χ1) is 7.39. The summed E-state index contributed by atoms with van der Waals surface area (Å²) >= 11 is 0. The highest BCUT2D eigenvalue weighted by atomic mass is 16.1. The first kappa shape index (κ1) is 13.5. The molecule has 0 aromatic heterocycles.